The molecule has 2 amide bonds. The molecule has 0 spiro atoms. The van der Waals surface area contributed by atoms with Crippen LogP contribution in [0.3, 0.4) is 0 Å². The highest BCUT2D eigenvalue weighted by Gasteiger charge is 2.23. The quantitative estimate of drug-likeness (QED) is 0.854. The first kappa shape index (κ1) is 14.0. The number of halogens is 2. The third kappa shape index (κ3) is 3.72. The standard InChI is InChI=1S/C12H13Cl2NO2/c1-12(2,3)11(17)15-10(16)7-4-5-8(13)9(14)6-7/h4-6H,1-3H3,(H,15,16,17). The second-order valence-corrected chi connectivity index (χ2v) is 5.48. The van der Waals surface area contributed by atoms with Gasteiger partial charge >= 0.3 is 0 Å². The van der Waals surface area contributed by atoms with E-state index >= 15 is 0 Å². The van der Waals surface area contributed by atoms with Gasteiger partial charge in [-0.25, -0.2) is 0 Å². The maximum atomic E-state index is 11.7. The molecule has 1 aromatic carbocycles. The highest BCUT2D eigenvalue weighted by molar-refractivity contribution is 6.42. The third-order valence-electron chi connectivity index (χ3n) is 2.09. The van der Waals surface area contributed by atoms with Crippen molar-refractivity contribution >= 4 is 35.0 Å². The molecule has 17 heavy (non-hydrogen) atoms. The molecule has 0 radical (unpaired) electrons. The largest absolute Gasteiger partial charge is 0.292 e. The predicted molar refractivity (Wildman–Crippen MR) is 68.4 cm³/mol. The van der Waals surface area contributed by atoms with Crippen LogP contribution in [0.4, 0.5) is 0 Å². The van der Waals surface area contributed by atoms with Gasteiger partial charge in [-0.3, -0.25) is 14.9 Å². The molecule has 0 saturated carbocycles. The number of carbonyl (C=O) groups is 2. The van der Waals surface area contributed by atoms with Crippen molar-refractivity contribution in [1.82, 2.24) is 5.32 Å². The monoisotopic (exact) mass is 273 g/mol. The average molecular weight is 274 g/mol. The Bertz CT molecular complexity index is 464. The van der Waals surface area contributed by atoms with Gasteiger partial charge in [-0.05, 0) is 18.2 Å². The summed E-state index contributed by atoms with van der Waals surface area (Å²) in [5, 5.41) is 2.95. The van der Waals surface area contributed by atoms with Crippen molar-refractivity contribution in [2.75, 3.05) is 0 Å². The molecule has 0 fully saturated rings. The number of benzene rings is 1. The second-order valence-electron chi connectivity index (χ2n) is 4.66. The summed E-state index contributed by atoms with van der Waals surface area (Å²) in [7, 11) is 0. The highest BCUT2D eigenvalue weighted by atomic mass is 35.5. The fraction of sp³-hybridized carbons (Fsp3) is 0.333. The fourth-order valence-corrected chi connectivity index (χ4v) is 1.30. The van der Waals surface area contributed by atoms with Crippen LogP contribution in [0.2, 0.25) is 10.0 Å². The Balaban J connectivity index is 2.84. The van der Waals surface area contributed by atoms with Gasteiger partial charge in [0.2, 0.25) is 5.91 Å². The van der Waals surface area contributed by atoms with Crippen LogP contribution >= 0.6 is 23.2 Å². The van der Waals surface area contributed by atoms with Crippen LogP contribution < -0.4 is 5.32 Å². The van der Waals surface area contributed by atoms with E-state index in [0.29, 0.717) is 10.6 Å². The molecule has 1 aromatic rings. The van der Waals surface area contributed by atoms with Crippen LogP contribution in [-0.4, -0.2) is 11.8 Å². The van der Waals surface area contributed by atoms with Crippen molar-refractivity contribution in [3.63, 3.8) is 0 Å². The molecule has 5 heteroatoms. The minimum atomic E-state index is -0.619. The number of amides is 2. The van der Waals surface area contributed by atoms with Gasteiger partial charge in [0.15, 0.2) is 0 Å². The zero-order valence-electron chi connectivity index (χ0n) is 9.80. The van der Waals surface area contributed by atoms with Gasteiger partial charge in [-0.15, -0.1) is 0 Å². The van der Waals surface area contributed by atoms with Gasteiger partial charge in [0, 0.05) is 11.0 Å². The number of hydrogen-bond donors (Lipinski definition) is 1. The SMILES string of the molecule is CC(C)(C)C(=O)NC(=O)c1ccc(Cl)c(Cl)c1. The summed E-state index contributed by atoms with van der Waals surface area (Å²) in [5.74, 6) is -0.822. The Hall–Kier alpha value is -1.06. The molecule has 3 nitrogen and oxygen atoms in total. The maximum Gasteiger partial charge on any atom is 0.257 e. The third-order valence-corrected chi connectivity index (χ3v) is 2.83. The molecule has 92 valence electrons. The van der Waals surface area contributed by atoms with E-state index in [-0.39, 0.29) is 10.9 Å². The van der Waals surface area contributed by atoms with Crippen molar-refractivity contribution in [2.45, 2.75) is 20.8 Å². The lowest BCUT2D eigenvalue weighted by molar-refractivity contribution is -0.127. The summed E-state index contributed by atoms with van der Waals surface area (Å²) < 4.78 is 0. The first-order valence-corrected chi connectivity index (χ1v) is 5.78. The number of carbonyl (C=O) groups excluding carboxylic acids is 2. The first-order chi connectivity index (χ1) is 7.71. The maximum absolute atomic E-state index is 11.7. The molecule has 0 bridgehead atoms. The van der Waals surface area contributed by atoms with E-state index in [1.165, 1.54) is 18.2 Å². The van der Waals surface area contributed by atoms with Crippen LogP contribution in [0.25, 0.3) is 0 Å². The zero-order chi connectivity index (χ0) is 13.2. The molecule has 0 aliphatic carbocycles. The molecule has 0 heterocycles. The van der Waals surface area contributed by atoms with Crippen molar-refractivity contribution in [3.05, 3.63) is 33.8 Å². The highest BCUT2D eigenvalue weighted by Crippen LogP contribution is 2.22. The van der Waals surface area contributed by atoms with E-state index < -0.39 is 11.3 Å². The van der Waals surface area contributed by atoms with Crippen molar-refractivity contribution in [2.24, 2.45) is 5.41 Å². The minimum absolute atomic E-state index is 0.280. The molecule has 0 aliphatic rings. The normalized spacial score (nSPS) is 11.1. The van der Waals surface area contributed by atoms with Gasteiger partial charge in [-0.2, -0.15) is 0 Å². The molecule has 0 saturated heterocycles. The zero-order valence-corrected chi connectivity index (χ0v) is 11.3. The lowest BCUT2D eigenvalue weighted by Gasteiger charge is -2.16. The van der Waals surface area contributed by atoms with Crippen molar-refractivity contribution < 1.29 is 9.59 Å². The van der Waals surface area contributed by atoms with Crippen LogP contribution in [-0.2, 0) is 4.79 Å². The van der Waals surface area contributed by atoms with Gasteiger partial charge in [0.25, 0.3) is 5.91 Å². The summed E-state index contributed by atoms with van der Waals surface area (Å²) in [6.07, 6.45) is 0. The molecular weight excluding hydrogens is 261 g/mol. The van der Waals surface area contributed by atoms with Crippen molar-refractivity contribution in [1.29, 1.82) is 0 Å². The summed E-state index contributed by atoms with van der Waals surface area (Å²) >= 11 is 11.5. The molecule has 0 aliphatic heterocycles. The molecule has 1 N–H and O–H groups in total. The molecule has 0 unspecified atom stereocenters. The summed E-state index contributed by atoms with van der Waals surface area (Å²) in [4.78, 5) is 23.3. The van der Waals surface area contributed by atoms with Crippen LogP contribution in [0.15, 0.2) is 18.2 Å². The summed E-state index contributed by atoms with van der Waals surface area (Å²) in [5.41, 5.74) is -0.316. The Labute approximate surface area is 110 Å². The number of nitrogens with one attached hydrogen (secondary N) is 1. The lowest BCUT2D eigenvalue weighted by Crippen LogP contribution is -2.38. The molecule has 1 rings (SSSR count). The van der Waals surface area contributed by atoms with Crippen LogP contribution in [0, 0.1) is 5.41 Å². The Morgan fingerprint density at radius 1 is 1.12 bits per heavy atom. The second kappa shape index (κ2) is 5.07. The van der Waals surface area contributed by atoms with Gasteiger partial charge in [-0.1, -0.05) is 44.0 Å². The van der Waals surface area contributed by atoms with E-state index in [4.69, 9.17) is 23.2 Å². The van der Waals surface area contributed by atoms with E-state index in [2.05, 4.69) is 5.32 Å². The van der Waals surface area contributed by atoms with Crippen LogP contribution in [0.5, 0.6) is 0 Å². The predicted octanol–water partition coefficient (Wildman–Crippen LogP) is 3.30. The summed E-state index contributed by atoms with van der Waals surface area (Å²) in [6.45, 7) is 5.18. The molecular formula is C12H13Cl2NO2. The lowest BCUT2D eigenvalue weighted by atomic mass is 9.95. The van der Waals surface area contributed by atoms with E-state index in [1.54, 1.807) is 20.8 Å². The first-order valence-electron chi connectivity index (χ1n) is 5.02. The van der Waals surface area contributed by atoms with Gasteiger partial charge in [0.05, 0.1) is 10.0 Å². The van der Waals surface area contributed by atoms with E-state index in [9.17, 15) is 9.59 Å². The summed E-state index contributed by atoms with van der Waals surface area (Å²) in [6, 6.07) is 4.45. The number of imide groups is 1. The molecule has 0 atom stereocenters. The smallest absolute Gasteiger partial charge is 0.257 e. The van der Waals surface area contributed by atoms with Gasteiger partial charge in [0.1, 0.15) is 0 Å². The number of rotatable bonds is 1. The Kier molecular flexibility index (Phi) is 4.17. The van der Waals surface area contributed by atoms with E-state index in [1.807, 2.05) is 0 Å². The Morgan fingerprint density at radius 2 is 1.71 bits per heavy atom. The van der Waals surface area contributed by atoms with E-state index in [0.717, 1.165) is 0 Å². The topological polar surface area (TPSA) is 46.2 Å². The van der Waals surface area contributed by atoms with Crippen molar-refractivity contribution in [3.8, 4) is 0 Å². The van der Waals surface area contributed by atoms with Gasteiger partial charge < -0.3 is 0 Å². The Morgan fingerprint density at radius 3 is 2.18 bits per heavy atom. The van der Waals surface area contributed by atoms with Crippen LogP contribution in [0.1, 0.15) is 31.1 Å². The average Bonchev–Trinajstić information content (AvgIpc) is 2.20. The molecule has 0 aromatic heterocycles. The fourth-order valence-electron chi connectivity index (χ4n) is 1.00. The minimum Gasteiger partial charge on any atom is -0.292 e. The number of hydrogen-bond acceptors (Lipinski definition) is 2.